The third-order valence-electron chi connectivity index (χ3n) is 4.46. The smallest absolute Gasteiger partial charge is 0.274 e. The Labute approximate surface area is 139 Å². The molecule has 0 bridgehead atoms. The van der Waals surface area contributed by atoms with E-state index in [4.69, 9.17) is 0 Å². The van der Waals surface area contributed by atoms with Crippen LogP contribution in [0.5, 0.6) is 0 Å². The maximum Gasteiger partial charge on any atom is 0.274 e. The Morgan fingerprint density at radius 3 is 2.65 bits per heavy atom. The Hall–Kier alpha value is -1.40. The summed E-state index contributed by atoms with van der Waals surface area (Å²) in [5, 5.41) is 10.7. The molecule has 0 radical (unpaired) electrons. The molecule has 0 fully saturated rings. The molecule has 1 amide bonds. The van der Waals surface area contributed by atoms with Crippen LogP contribution < -0.4 is 5.32 Å². The third kappa shape index (κ3) is 4.54. The minimum absolute atomic E-state index is 0.0621. The molecule has 2 heterocycles. The number of likely N-dealkylation sites (N-methyl/N-ethyl adjacent to an activating group) is 1. The van der Waals surface area contributed by atoms with Gasteiger partial charge in [0.15, 0.2) is 5.69 Å². The van der Waals surface area contributed by atoms with Crippen LogP contribution in [-0.4, -0.2) is 65.2 Å². The fourth-order valence-electron chi connectivity index (χ4n) is 3.07. The van der Waals surface area contributed by atoms with Gasteiger partial charge in [-0.25, -0.2) is 0 Å². The zero-order valence-corrected chi connectivity index (χ0v) is 15.0. The van der Waals surface area contributed by atoms with Crippen LogP contribution in [0, 0.1) is 5.92 Å². The number of hydrogen-bond acceptors (Lipinski definition) is 4. The summed E-state index contributed by atoms with van der Waals surface area (Å²) < 4.78 is 0. The van der Waals surface area contributed by atoms with Gasteiger partial charge in [0.25, 0.3) is 5.91 Å². The van der Waals surface area contributed by atoms with Gasteiger partial charge >= 0.3 is 0 Å². The summed E-state index contributed by atoms with van der Waals surface area (Å²) in [6.45, 7) is 14.8. The number of H-pyrrole nitrogens is 1. The van der Waals surface area contributed by atoms with Gasteiger partial charge < -0.3 is 15.1 Å². The standard InChI is InChI=1S/C17H31N5O/c1-5-21(6-2)9-10-22(12-13(3)4)17(23)16-14-11-18-8-7-15(14)19-20-16/h13,18H,5-12H2,1-4H3,(H,19,20). The van der Waals surface area contributed by atoms with Crippen LogP contribution in [0.4, 0.5) is 0 Å². The number of hydrogen-bond donors (Lipinski definition) is 2. The molecule has 1 aliphatic heterocycles. The summed E-state index contributed by atoms with van der Waals surface area (Å²) >= 11 is 0. The molecular formula is C17H31N5O. The average Bonchev–Trinajstić information content (AvgIpc) is 2.97. The van der Waals surface area contributed by atoms with Crippen molar-refractivity contribution in [3.8, 4) is 0 Å². The highest BCUT2D eigenvalue weighted by molar-refractivity contribution is 5.94. The van der Waals surface area contributed by atoms with E-state index in [0.29, 0.717) is 11.6 Å². The Kier molecular flexibility index (Phi) is 6.59. The van der Waals surface area contributed by atoms with E-state index in [9.17, 15) is 4.79 Å². The minimum Gasteiger partial charge on any atom is -0.336 e. The second kappa shape index (κ2) is 8.45. The van der Waals surface area contributed by atoms with E-state index >= 15 is 0 Å². The van der Waals surface area contributed by atoms with Crippen molar-refractivity contribution < 1.29 is 4.79 Å². The largest absolute Gasteiger partial charge is 0.336 e. The highest BCUT2D eigenvalue weighted by Gasteiger charge is 2.26. The summed E-state index contributed by atoms with van der Waals surface area (Å²) in [7, 11) is 0. The van der Waals surface area contributed by atoms with Crippen molar-refractivity contribution in [2.45, 2.75) is 40.7 Å². The highest BCUT2D eigenvalue weighted by Crippen LogP contribution is 2.17. The van der Waals surface area contributed by atoms with E-state index in [-0.39, 0.29) is 5.91 Å². The molecule has 1 aromatic rings. The first-order valence-corrected chi connectivity index (χ1v) is 8.85. The van der Waals surface area contributed by atoms with Crippen LogP contribution in [0.1, 0.15) is 49.4 Å². The molecule has 1 aromatic heterocycles. The lowest BCUT2D eigenvalue weighted by Gasteiger charge is -2.28. The molecule has 6 nitrogen and oxygen atoms in total. The van der Waals surface area contributed by atoms with Crippen LogP contribution in [0.3, 0.4) is 0 Å². The van der Waals surface area contributed by atoms with Gasteiger partial charge in [-0.3, -0.25) is 9.89 Å². The van der Waals surface area contributed by atoms with Crippen LogP contribution in [0.2, 0.25) is 0 Å². The summed E-state index contributed by atoms with van der Waals surface area (Å²) in [4.78, 5) is 17.3. The maximum atomic E-state index is 13.0. The van der Waals surface area contributed by atoms with Crippen LogP contribution in [0.25, 0.3) is 0 Å². The van der Waals surface area contributed by atoms with E-state index in [2.05, 4.69) is 48.1 Å². The number of rotatable bonds is 8. The molecule has 2 N–H and O–H groups in total. The first kappa shape index (κ1) is 17.9. The molecule has 0 atom stereocenters. The first-order chi connectivity index (χ1) is 11.1. The van der Waals surface area contributed by atoms with Crippen molar-refractivity contribution in [2.75, 3.05) is 39.3 Å². The Morgan fingerprint density at radius 2 is 2.00 bits per heavy atom. The summed E-state index contributed by atoms with van der Waals surface area (Å²) in [6, 6.07) is 0. The van der Waals surface area contributed by atoms with Gasteiger partial charge in [-0.1, -0.05) is 27.7 Å². The van der Waals surface area contributed by atoms with Crippen molar-refractivity contribution in [3.05, 3.63) is 17.0 Å². The van der Waals surface area contributed by atoms with Crippen molar-refractivity contribution in [3.63, 3.8) is 0 Å². The lowest BCUT2D eigenvalue weighted by molar-refractivity contribution is 0.0709. The molecule has 2 rings (SSSR count). The molecule has 0 aromatic carbocycles. The topological polar surface area (TPSA) is 64.3 Å². The predicted molar refractivity (Wildman–Crippen MR) is 92.5 cm³/mol. The quantitative estimate of drug-likeness (QED) is 0.761. The maximum absolute atomic E-state index is 13.0. The number of fused-ring (bicyclic) bond motifs is 1. The third-order valence-corrected chi connectivity index (χ3v) is 4.46. The molecule has 0 aliphatic carbocycles. The predicted octanol–water partition coefficient (Wildman–Crippen LogP) is 1.50. The molecule has 0 saturated carbocycles. The van der Waals surface area contributed by atoms with Crippen molar-refractivity contribution in [1.82, 2.24) is 25.3 Å². The van der Waals surface area contributed by atoms with Gasteiger partial charge in [-0.15, -0.1) is 0 Å². The molecule has 0 spiro atoms. The summed E-state index contributed by atoms with van der Waals surface area (Å²) in [5.41, 5.74) is 2.77. The first-order valence-electron chi connectivity index (χ1n) is 8.85. The Balaban J connectivity index is 2.11. The Morgan fingerprint density at radius 1 is 1.26 bits per heavy atom. The van der Waals surface area contributed by atoms with E-state index in [0.717, 1.165) is 63.5 Å². The summed E-state index contributed by atoms with van der Waals surface area (Å²) in [5.74, 6) is 0.510. The van der Waals surface area contributed by atoms with Gasteiger partial charge in [0.2, 0.25) is 0 Å². The second-order valence-electron chi connectivity index (χ2n) is 6.63. The van der Waals surface area contributed by atoms with E-state index in [1.165, 1.54) is 0 Å². The van der Waals surface area contributed by atoms with E-state index < -0.39 is 0 Å². The highest BCUT2D eigenvalue weighted by atomic mass is 16.2. The molecular weight excluding hydrogens is 290 g/mol. The fourth-order valence-corrected chi connectivity index (χ4v) is 3.07. The van der Waals surface area contributed by atoms with E-state index in [1.807, 2.05) is 4.90 Å². The van der Waals surface area contributed by atoms with Crippen molar-refractivity contribution in [1.29, 1.82) is 0 Å². The molecule has 130 valence electrons. The van der Waals surface area contributed by atoms with Gasteiger partial charge in [0, 0.05) is 50.4 Å². The van der Waals surface area contributed by atoms with E-state index in [1.54, 1.807) is 0 Å². The fraction of sp³-hybridized carbons (Fsp3) is 0.765. The number of amides is 1. The monoisotopic (exact) mass is 321 g/mol. The lowest BCUT2D eigenvalue weighted by Crippen LogP contribution is -2.41. The normalized spacial score (nSPS) is 14.3. The number of nitrogens with zero attached hydrogens (tertiary/aromatic N) is 3. The number of nitrogens with one attached hydrogen (secondary N) is 2. The number of aromatic nitrogens is 2. The molecule has 1 aliphatic rings. The molecule has 0 unspecified atom stereocenters. The van der Waals surface area contributed by atoms with Gasteiger partial charge in [-0.2, -0.15) is 5.10 Å². The van der Waals surface area contributed by atoms with Crippen molar-refractivity contribution >= 4 is 5.91 Å². The number of aromatic amines is 1. The zero-order chi connectivity index (χ0) is 16.8. The zero-order valence-electron chi connectivity index (χ0n) is 15.0. The van der Waals surface area contributed by atoms with Crippen molar-refractivity contribution in [2.24, 2.45) is 5.92 Å². The molecule has 6 heteroatoms. The van der Waals surface area contributed by atoms with Gasteiger partial charge in [0.05, 0.1) is 0 Å². The minimum atomic E-state index is 0.0621. The second-order valence-corrected chi connectivity index (χ2v) is 6.63. The molecule has 23 heavy (non-hydrogen) atoms. The molecule has 0 saturated heterocycles. The number of carbonyl (C=O) groups is 1. The van der Waals surface area contributed by atoms with Crippen LogP contribution in [-0.2, 0) is 13.0 Å². The lowest BCUT2D eigenvalue weighted by atomic mass is 10.1. The van der Waals surface area contributed by atoms with Gasteiger partial charge in [-0.05, 0) is 19.0 Å². The van der Waals surface area contributed by atoms with Gasteiger partial charge in [0.1, 0.15) is 0 Å². The van der Waals surface area contributed by atoms with Crippen LogP contribution >= 0.6 is 0 Å². The Bertz CT molecular complexity index is 507. The SMILES string of the molecule is CCN(CC)CCN(CC(C)C)C(=O)c1n[nH]c2c1CNCC2. The average molecular weight is 321 g/mol. The number of carbonyl (C=O) groups excluding carboxylic acids is 1. The van der Waals surface area contributed by atoms with Crippen LogP contribution in [0.15, 0.2) is 0 Å². The summed E-state index contributed by atoms with van der Waals surface area (Å²) in [6.07, 6.45) is 0.916.